The van der Waals surface area contributed by atoms with Crippen LogP contribution in [0.3, 0.4) is 0 Å². The average molecular weight is 156 g/mol. The Morgan fingerprint density at radius 3 is 3.09 bits per heavy atom. The Kier molecular flexibility index (Phi) is 2.65. The molecule has 3 heteroatoms. The number of allylic oxidation sites excluding steroid dienone is 1. The number of hydrogen-bond donors (Lipinski definition) is 1. The molecule has 2 atom stereocenters. The summed E-state index contributed by atoms with van der Waals surface area (Å²) in [7, 11) is 0. The Bertz CT molecular complexity index is 165. The van der Waals surface area contributed by atoms with Crippen molar-refractivity contribution in [1.82, 2.24) is 0 Å². The molecule has 1 fully saturated rings. The van der Waals surface area contributed by atoms with Gasteiger partial charge in [0, 0.05) is 12.3 Å². The molecule has 1 aliphatic rings. The number of carbonyl (C=O) groups excluding carboxylic acids is 1. The van der Waals surface area contributed by atoms with Crippen molar-refractivity contribution in [3.8, 4) is 0 Å². The minimum absolute atomic E-state index is 0.0465. The molecule has 3 nitrogen and oxygen atoms in total. The second kappa shape index (κ2) is 3.53. The van der Waals surface area contributed by atoms with Gasteiger partial charge in [0.05, 0.1) is 0 Å². The van der Waals surface area contributed by atoms with E-state index in [4.69, 9.17) is 0 Å². The van der Waals surface area contributed by atoms with Gasteiger partial charge in [-0.15, -0.1) is 6.58 Å². The van der Waals surface area contributed by atoms with E-state index in [2.05, 4.69) is 11.3 Å². The van der Waals surface area contributed by atoms with E-state index in [0.29, 0.717) is 19.3 Å². The van der Waals surface area contributed by atoms with E-state index in [1.165, 1.54) is 0 Å². The summed E-state index contributed by atoms with van der Waals surface area (Å²) < 4.78 is 4.62. The zero-order valence-corrected chi connectivity index (χ0v) is 6.32. The number of aliphatic hydroxyl groups excluding tert-OH is 1. The predicted octanol–water partition coefficient (Wildman–Crippen LogP) is 0.834. The molecule has 11 heavy (non-hydrogen) atoms. The van der Waals surface area contributed by atoms with Crippen LogP contribution in [0.4, 0.5) is 0 Å². The molecule has 0 spiro atoms. The van der Waals surface area contributed by atoms with Gasteiger partial charge in [0.2, 0.25) is 6.29 Å². The smallest absolute Gasteiger partial charge is 0.308 e. The zero-order valence-electron chi connectivity index (χ0n) is 6.32. The minimum atomic E-state index is -0.922. The third kappa shape index (κ3) is 2.05. The second-order valence-corrected chi connectivity index (χ2v) is 2.70. The van der Waals surface area contributed by atoms with Crippen molar-refractivity contribution in [3.63, 3.8) is 0 Å². The number of esters is 1. The Hall–Kier alpha value is -0.830. The van der Waals surface area contributed by atoms with Crippen molar-refractivity contribution in [3.05, 3.63) is 12.7 Å². The molecule has 0 aromatic carbocycles. The largest absolute Gasteiger partial charge is 0.436 e. The van der Waals surface area contributed by atoms with E-state index in [9.17, 15) is 9.90 Å². The van der Waals surface area contributed by atoms with Crippen LogP contribution in [0.15, 0.2) is 12.7 Å². The lowest BCUT2D eigenvalue weighted by atomic mass is 9.97. The maximum Gasteiger partial charge on any atom is 0.308 e. The Labute approximate surface area is 65.7 Å². The molecule has 0 bridgehead atoms. The first-order chi connectivity index (χ1) is 5.24. The van der Waals surface area contributed by atoms with Gasteiger partial charge in [0.15, 0.2) is 0 Å². The van der Waals surface area contributed by atoms with Gasteiger partial charge >= 0.3 is 5.97 Å². The summed E-state index contributed by atoms with van der Waals surface area (Å²) in [4.78, 5) is 10.6. The van der Waals surface area contributed by atoms with E-state index in [-0.39, 0.29) is 11.9 Å². The summed E-state index contributed by atoms with van der Waals surface area (Å²) >= 11 is 0. The zero-order chi connectivity index (χ0) is 8.27. The summed E-state index contributed by atoms with van der Waals surface area (Å²) in [6, 6.07) is 0. The van der Waals surface area contributed by atoms with Gasteiger partial charge in [0.1, 0.15) is 0 Å². The average Bonchev–Trinajstić information content (AvgIpc) is 1.95. The van der Waals surface area contributed by atoms with Crippen molar-refractivity contribution < 1.29 is 14.6 Å². The molecule has 0 aromatic rings. The summed E-state index contributed by atoms with van der Waals surface area (Å²) in [5.74, 6) is -0.261. The van der Waals surface area contributed by atoms with Crippen LogP contribution < -0.4 is 0 Å². The van der Waals surface area contributed by atoms with Gasteiger partial charge in [-0.3, -0.25) is 4.79 Å². The molecule has 1 rings (SSSR count). The highest BCUT2D eigenvalue weighted by Gasteiger charge is 2.27. The standard InChI is InChI=1S/C8H12O3/c1-2-3-6-4-5-7(9)11-8(6)10/h2,6,8,10H,1,3-5H2. The third-order valence-corrected chi connectivity index (χ3v) is 1.84. The van der Waals surface area contributed by atoms with Crippen molar-refractivity contribution in [1.29, 1.82) is 0 Å². The monoisotopic (exact) mass is 156 g/mol. The van der Waals surface area contributed by atoms with Gasteiger partial charge in [-0.05, 0) is 12.8 Å². The van der Waals surface area contributed by atoms with Crippen molar-refractivity contribution in [2.45, 2.75) is 25.6 Å². The van der Waals surface area contributed by atoms with Crippen LogP contribution in [0.5, 0.6) is 0 Å². The second-order valence-electron chi connectivity index (χ2n) is 2.70. The lowest BCUT2D eigenvalue weighted by Gasteiger charge is -2.25. The molecule has 2 unspecified atom stereocenters. The fraction of sp³-hybridized carbons (Fsp3) is 0.625. The van der Waals surface area contributed by atoms with E-state index in [0.717, 1.165) is 0 Å². The molecule has 62 valence electrons. The molecule has 0 aliphatic carbocycles. The van der Waals surface area contributed by atoms with E-state index < -0.39 is 6.29 Å². The first kappa shape index (κ1) is 8.27. The maximum atomic E-state index is 10.6. The van der Waals surface area contributed by atoms with Crippen LogP contribution in [0.1, 0.15) is 19.3 Å². The van der Waals surface area contributed by atoms with Gasteiger partial charge in [-0.25, -0.2) is 0 Å². The molecule has 0 radical (unpaired) electrons. The maximum absolute atomic E-state index is 10.6. The normalized spacial score (nSPS) is 31.2. The van der Waals surface area contributed by atoms with Gasteiger partial charge < -0.3 is 9.84 Å². The van der Waals surface area contributed by atoms with Crippen LogP contribution in [0.25, 0.3) is 0 Å². The molecule has 1 saturated heterocycles. The molecule has 0 aromatic heterocycles. The van der Waals surface area contributed by atoms with Gasteiger partial charge in [-0.2, -0.15) is 0 Å². The fourth-order valence-electron chi connectivity index (χ4n) is 1.18. The molecule has 1 N–H and O–H groups in total. The van der Waals surface area contributed by atoms with Crippen LogP contribution in [-0.2, 0) is 9.53 Å². The number of hydrogen-bond acceptors (Lipinski definition) is 3. The number of cyclic esters (lactones) is 1. The minimum Gasteiger partial charge on any atom is -0.436 e. The number of aliphatic hydroxyl groups is 1. The highest BCUT2D eigenvalue weighted by atomic mass is 16.6. The van der Waals surface area contributed by atoms with Crippen LogP contribution in [0.2, 0.25) is 0 Å². The fourth-order valence-corrected chi connectivity index (χ4v) is 1.18. The molecular weight excluding hydrogens is 144 g/mol. The summed E-state index contributed by atoms with van der Waals surface area (Å²) in [5.41, 5.74) is 0. The number of carbonyl (C=O) groups is 1. The summed E-state index contributed by atoms with van der Waals surface area (Å²) in [6.45, 7) is 3.56. The first-order valence-electron chi connectivity index (χ1n) is 3.72. The van der Waals surface area contributed by atoms with Crippen LogP contribution in [-0.4, -0.2) is 17.4 Å². The topological polar surface area (TPSA) is 46.5 Å². The highest BCUT2D eigenvalue weighted by Crippen LogP contribution is 2.22. The van der Waals surface area contributed by atoms with Crippen molar-refractivity contribution >= 4 is 5.97 Å². The molecular formula is C8H12O3. The van der Waals surface area contributed by atoms with Crippen LogP contribution in [0, 0.1) is 5.92 Å². The molecule has 0 amide bonds. The van der Waals surface area contributed by atoms with Crippen molar-refractivity contribution in [2.75, 3.05) is 0 Å². The van der Waals surface area contributed by atoms with E-state index in [1.807, 2.05) is 0 Å². The molecule has 1 heterocycles. The summed E-state index contributed by atoms with van der Waals surface area (Å²) in [5, 5.41) is 9.18. The lowest BCUT2D eigenvalue weighted by Crippen LogP contribution is -2.31. The Morgan fingerprint density at radius 1 is 1.82 bits per heavy atom. The molecule has 0 saturated carbocycles. The Morgan fingerprint density at radius 2 is 2.55 bits per heavy atom. The quantitative estimate of drug-likeness (QED) is 0.476. The first-order valence-corrected chi connectivity index (χ1v) is 3.72. The Balaban J connectivity index is 2.43. The third-order valence-electron chi connectivity index (χ3n) is 1.84. The number of ether oxygens (including phenoxy) is 1. The highest BCUT2D eigenvalue weighted by molar-refractivity contribution is 5.70. The lowest BCUT2D eigenvalue weighted by molar-refractivity contribution is -0.187. The van der Waals surface area contributed by atoms with E-state index >= 15 is 0 Å². The summed E-state index contributed by atoms with van der Waals surface area (Å²) in [6.07, 6.45) is 2.62. The SMILES string of the molecule is C=CCC1CCC(=O)OC1O. The van der Waals surface area contributed by atoms with E-state index in [1.54, 1.807) is 6.08 Å². The molecule has 1 aliphatic heterocycles. The van der Waals surface area contributed by atoms with Gasteiger partial charge in [0.25, 0.3) is 0 Å². The van der Waals surface area contributed by atoms with Gasteiger partial charge in [-0.1, -0.05) is 6.08 Å². The number of rotatable bonds is 2. The van der Waals surface area contributed by atoms with Crippen LogP contribution >= 0.6 is 0 Å². The van der Waals surface area contributed by atoms with Crippen molar-refractivity contribution in [2.24, 2.45) is 5.92 Å². The predicted molar refractivity (Wildman–Crippen MR) is 39.6 cm³/mol.